The van der Waals surface area contributed by atoms with Gasteiger partial charge in [0.15, 0.2) is 0 Å². The van der Waals surface area contributed by atoms with Crippen molar-refractivity contribution in [2.24, 2.45) is 0 Å². The third-order valence-electron chi connectivity index (χ3n) is 2.62. The molecule has 3 nitrogen and oxygen atoms in total. The van der Waals surface area contributed by atoms with Crippen molar-refractivity contribution in [3.8, 4) is 11.8 Å². The van der Waals surface area contributed by atoms with Gasteiger partial charge in [-0.3, -0.25) is 4.90 Å². The first-order chi connectivity index (χ1) is 7.80. The number of likely N-dealkylation sites (N-methyl/N-ethyl adjacent to an activating group) is 1. The average molecular weight is 218 g/mol. The van der Waals surface area contributed by atoms with E-state index in [0.717, 1.165) is 25.3 Å². The Morgan fingerprint density at radius 2 is 2.00 bits per heavy atom. The summed E-state index contributed by atoms with van der Waals surface area (Å²) >= 11 is 0. The topological polar surface area (TPSA) is 36.3 Å². The van der Waals surface area contributed by atoms with Crippen LogP contribution in [0.4, 0.5) is 0 Å². The van der Waals surface area contributed by atoms with Gasteiger partial charge in [-0.05, 0) is 30.7 Å². The van der Waals surface area contributed by atoms with Gasteiger partial charge in [0.2, 0.25) is 0 Å². The van der Waals surface area contributed by atoms with E-state index >= 15 is 0 Å². The van der Waals surface area contributed by atoms with Crippen molar-refractivity contribution in [1.82, 2.24) is 4.90 Å². The van der Waals surface area contributed by atoms with Gasteiger partial charge in [0.05, 0.1) is 19.7 Å². The van der Waals surface area contributed by atoms with Crippen LogP contribution in [-0.4, -0.2) is 31.6 Å². The molecular weight excluding hydrogens is 200 g/mol. The lowest BCUT2D eigenvalue weighted by molar-refractivity contribution is 0.327. The van der Waals surface area contributed by atoms with Crippen molar-refractivity contribution in [2.75, 3.05) is 26.7 Å². The summed E-state index contributed by atoms with van der Waals surface area (Å²) in [5, 5.41) is 8.63. The van der Waals surface area contributed by atoms with E-state index in [0.29, 0.717) is 6.54 Å². The molecular formula is C13H18N2O. The average Bonchev–Trinajstić information content (AvgIpc) is 2.35. The molecule has 0 radical (unpaired) electrons. The van der Waals surface area contributed by atoms with Crippen LogP contribution in [0.15, 0.2) is 24.3 Å². The van der Waals surface area contributed by atoms with Gasteiger partial charge in [-0.15, -0.1) is 0 Å². The van der Waals surface area contributed by atoms with Crippen LogP contribution in [0.3, 0.4) is 0 Å². The van der Waals surface area contributed by atoms with Crippen molar-refractivity contribution in [1.29, 1.82) is 5.26 Å². The molecule has 1 rings (SSSR count). The largest absolute Gasteiger partial charge is 0.497 e. The Morgan fingerprint density at radius 1 is 1.31 bits per heavy atom. The molecule has 0 spiro atoms. The van der Waals surface area contributed by atoms with Crippen LogP contribution in [0.1, 0.15) is 12.5 Å². The minimum absolute atomic E-state index is 0.507. The molecule has 0 saturated heterocycles. The molecule has 0 unspecified atom stereocenters. The van der Waals surface area contributed by atoms with Gasteiger partial charge in [-0.2, -0.15) is 5.26 Å². The molecule has 1 aromatic rings. The first-order valence-electron chi connectivity index (χ1n) is 5.52. The Morgan fingerprint density at radius 3 is 2.50 bits per heavy atom. The third-order valence-corrected chi connectivity index (χ3v) is 2.62. The summed E-state index contributed by atoms with van der Waals surface area (Å²) in [6, 6.07) is 10.3. The van der Waals surface area contributed by atoms with E-state index in [2.05, 4.69) is 30.0 Å². The molecule has 0 amide bonds. The highest BCUT2D eigenvalue weighted by molar-refractivity contribution is 5.27. The molecule has 1 aromatic carbocycles. The Labute approximate surface area is 97.3 Å². The van der Waals surface area contributed by atoms with E-state index < -0.39 is 0 Å². The van der Waals surface area contributed by atoms with E-state index in [1.807, 2.05) is 12.1 Å². The van der Waals surface area contributed by atoms with E-state index in [1.54, 1.807) is 7.11 Å². The zero-order valence-corrected chi connectivity index (χ0v) is 9.94. The Bertz CT molecular complexity index is 340. The van der Waals surface area contributed by atoms with Crippen LogP contribution >= 0.6 is 0 Å². The number of nitrogens with zero attached hydrogens (tertiary/aromatic N) is 2. The summed E-state index contributed by atoms with van der Waals surface area (Å²) in [5.74, 6) is 0.883. The fourth-order valence-electron chi connectivity index (χ4n) is 1.53. The van der Waals surface area contributed by atoms with Gasteiger partial charge < -0.3 is 4.74 Å². The maximum absolute atomic E-state index is 8.63. The van der Waals surface area contributed by atoms with Gasteiger partial charge in [0.1, 0.15) is 5.75 Å². The smallest absolute Gasteiger partial charge is 0.118 e. The number of methoxy groups -OCH3 is 1. The SMILES string of the molecule is CCN(CC#N)CCc1ccc(OC)cc1. The summed E-state index contributed by atoms with van der Waals surface area (Å²) < 4.78 is 5.10. The minimum atomic E-state index is 0.507. The number of hydrogen-bond acceptors (Lipinski definition) is 3. The summed E-state index contributed by atoms with van der Waals surface area (Å²) in [4.78, 5) is 2.13. The Hall–Kier alpha value is -1.53. The van der Waals surface area contributed by atoms with Crippen LogP contribution in [0.2, 0.25) is 0 Å². The first kappa shape index (κ1) is 12.5. The van der Waals surface area contributed by atoms with E-state index in [1.165, 1.54) is 5.56 Å². The van der Waals surface area contributed by atoms with Crippen molar-refractivity contribution in [3.05, 3.63) is 29.8 Å². The van der Waals surface area contributed by atoms with Gasteiger partial charge in [0, 0.05) is 6.54 Å². The van der Waals surface area contributed by atoms with Gasteiger partial charge in [-0.1, -0.05) is 19.1 Å². The zero-order chi connectivity index (χ0) is 11.8. The van der Waals surface area contributed by atoms with E-state index in [9.17, 15) is 0 Å². The molecule has 3 heteroatoms. The molecule has 0 aromatic heterocycles. The molecule has 86 valence electrons. The van der Waals surface area contributed by atoms with Crippen LogP contribution in [-0.2, 0) is 6.42 Å². The van der Waals surface area contributed by atoms with Crippen molar-refractivity contribution >= 4 is 0 Å². The summed E-state index contributed by atoms with van der Waals surface area (Å²) in [7, 11) is 1.67. The molecule has 0 heterocycles. The maximum Gasteiger partial charge on any atom is 0.118 e. The van der Waals surface area contributed by atoms with Crippen LogP contribution in [0, 0.1) is 11.3 Å². The molecule has 0 saturated carbocycles. The lowest BCUT2D eigenvalue weighted by Crippen LogP contribution is -2.26. The molecule has 0 atom stereocenters. The molecule has 0 fully saturated rings. The second-order valence-electron chi connectivity index (χ2n) is 3.62. The Kier molecular flexibility index (Phi) is 5.38. The highest BCUT2D eigenvalue weighted by Crippen LogP contribution is 2.11. The number of nitriles is 1. The summed E-state index contributed by atoms with van der Waals surface area (Å²) in [5.41, 5.74) is 1.28. The van der Waals surface area contributed by atoms with Crippen molar-refractivity contribution in [3.63, 3.8) is 0 Å². The third kappa shape index (κ3) is 3.92. The van der Waals surface area contributed by atoms with Crippen molar-refractivity contribution < 1.29 is 4.74 Å². The van der Waals surface area contributed by atoms with Crippen LogP contribution in [0.5, 0.6) is 5.75 Å². The second-order valence-corrected chi connectivity index (χ2v) is 3.62. The standard InChI is InChI=1S/C13H18N2O/c1-3-15(11-9-14)10-8-12-4-6-13(16-2)7-5-12/h4-7H,3,8,10-11H2,1-2H3. The molecule has 0 N–H and O–H groups in total. The number of rotatable bonds is 6. The number of benzene rings is 1. The monoisotopic (exact) mass is 218 g/mol. The Balaban J connectivity index is 2.44. The molecule has 0 aliphatic heterocycles. The van der Waals surface area contributed by atoms with Gasteiger partial charge in [-0.25, -0.2) is 0 Å². The maximum atomic E-state index is 8.63. The number of ether oxygens (including phenoxy) is 1. The van der Waals surface area contributed by atoms with Crippen LogP contribution < -0.4 is 4.74 Å². The van der Waals surface area contributed by atoms with Gasteiger partial charge >= 0.3 is 0 Å². The zero-order valence-electron chi connectivity index (χ0n) is 9.94. The second kappa shape index (κ2) is 6.86. The first-order valence-corrected chi connectivity index (χ1v) is 5.52. The van der Waals surface area contributed by atoms with Gasteiger partial charge in [0.25, 0.3) is 0 Å². The minimum Gasteiger partial charge on any atom is -0.497 e. The summed E-state index contributed by atoms with van der Waals surface area (Å²) in [6.45, 7) is 4.43. The van der Waals surface area contributed by atoms with Crippen molar-refractivity contribution in [2.45, 2.75) is 13.3 Å². The molecule has 0 aliphatic carbocycles. The summed E-state index contributed by atoms with van der Waals surface area (Å²) in [6.07, 6.45) is 0.972. The number of hydrogen-bond donors (Lipinski definition) is 0. The highest BCUT2D eigenvalue weighted by Gasteiger charge is 2.01. The quantitative estimate of drug-likeness (QED) is 0.686. The lowest BCUT2D eigenvalue weighted by atomic mass is 10.1. The predicted octanol–water partition coefficient (Wildman–Crippen LogP) is 2.08. The fraction of sp³-hybridized carbons (Fsp3) is 0.462. The molecule has 0 aliphatic rings. The van der Waals surface area contributed by atoms with E-state index in [-0.39, 0.29) is 0 Å². The van der Waals surface area contributed by atoms with E-state index in [4.69, 9.17) is 10.00 Å². The fourth-order valence-corrected chi connectivity index (χ4v) is 1.53. The predicted molar refractivity (Wildman–Crippen MR) is 64.4 cm³/mol. The molecule has 16 heavy (non-hydrogen) atoms. The normalized spacial score (nSPS) is 10.1. The highest BCUT2D eigenvalue weighted by atomic mass is 16.5. The lowest BCUT2D eigenvalue weighted by Gasteiger charge is -2.16. The molecule has 0 bridgehead atoms. The van der Waals surface area contributed by atoms with Crippen LogP contribution in [0.25, 0.3) is 0 Å².